The Morgan fingerprint density at radius 2 is 1.85 bits per heavy atom. The molecule has 2 aromatic heterocycles. The molecule has 10 nitrogen and oxygen atoms in total. The standard InChI is InChI=1S/C23H19N8O2/c32-22-16-9-8-14(10-18(16)29-31-22)24-23-26-19(25-20-11-17(28-30-20)13-6-7-13)12-21(27-23)33-15-4-2-1-3-5-15/h1-5,8-13,29H,6-7H2,(H3,24,25,26,27,28,30). The fourth-order valence-electron chi connectivity index (χ4n) is 3.54. The minimum atomic E-state index is -0.289. The number of carbonyl (C=O) groups is 1. The molecule has 0 atom stereocenters. The predicted molar refractivity (Wildman–Crippen MR) is 122 cm³/mol. The molecule has 1 aliphatic heterocycles. The number of aromatic nitrogens is 4. The smallest absolute Gasteiger partial charge is 0.295 e. The van der Waals surface area contributed by atoms with Gasteiger partial charge in [0.05, 0.1) is 16.9 Å². The van der Waals surface area contributed by atoms with Crippen LogP contribution < -0.4 is 26.2 Å². The van der Waals surface area contributed by atoms with Crippen molar-refractivity contribution in [3.8, 4) is 11.6 Å². The molecule has 0 unspecified atom stereocenters. The first-order valence-electron chi connectivity index (χ1n) is 10.6. The SMILES string of the molecule is O=C1[N]Nc2cc(Nc3nc(Nc4cc(C5CC5)n[nH]4)cc(Oc4ccccc4)n3)ccc21. The Kier molecular flexibility index (Phi) is 4.53. The van der Waals surface area contributed by atoms with E-state index in [1.807, 2.05) is 36.4 Å². The summed E-state index contributed by atoms with van der Waals surface area (Å²) in [6.07, 6.45) is 2.35. The Balaban J connectivity index is 1.29. The van der Waals surface area contributed by atoms with Crippen LogP contribution in [0.4, 0.5) is 29.0 Å². The second-order valence-corrected chi connectivity index (χ2v) is 7.85. The summed E-state index contributed by atoms with van der Waals surface area (Å²) in [7, 11) is 0. The van der Waals surface area contributed by atoms with Gasteiger partial charge in [0, 0.05) is 23.7 Å². The van der Waals surface area contributed by atoms with Crippen LogP contribution in [-0.4, -0.2) is 26.1 Å². The molecule has 4 N–H and O–H groups in total. The molecule has 163 valence electrons. The third kappa shape index (κ3) is 4.13. The van der Waals surface area contributed by atoms with Gasteiger partial charge in [0.1, 0.15) is 17.4 Å². The number of hydrogen-bond donors (Lipinski definition) is 4. The van der Waals surface area contributed by atoms with Gasteiger partial charge in [-0.2, -0.15) is 15.1 Å². The van der Waals surface area contributed by atoms with Gasteiger partial charge in [-0.15, -0.1) is 5.43 Å². The highest BCUT2D eigenvalue weighted by atomic mass is 16.5. The van der Waals surface area contributed by atoms with Crippen molar-refractivity contribution >= 4 is 34.9 Å². The minimum absolute atomic E-state index is 0.289. The number of H-pyrrole nitrogens is 1. The molecular formula is C23H19N8O2. The Morgan fingerprint density at radius 1 is 0.970 bits per heavy atom. The van der Waals surface area contributed by atoms with Crippen LogP contribution in [0.3, 0.4) is 0 Å². The number of hydrogen-bond acceptors (Lipinski definition) is 8. The molecule has 1 aliphatic carbocycles. The molecule has 1 fully saturated rings. The molecule has 0 bridgehead atoms. The summed E-state index contributed by atoms with van der Waals surface area (Å²) in [6, 6.07) is 18.4. The summed E-state index contributed by atoms with van der Waals surface area (Å²) in [5.74, 6) is 2.89. The first kappa shape index (κ1) is 19.1. The molecule has 2 aromatic carbocycles. The van der Waals surface area contributed by atoms with Crippen molar-refractivity contribution in [1.82, 2.24) is 25.6 Å². The van der Waals surface area contributed by atoms with E-state index < -0.39 is 0 Å². The number of amides is 1. The molecule has 1 amide bonds. The molecule has 3 heterocycles. The van der Waals surface area contributed by atoms with E-state index in [0.717, 1.165) is 11.5 Å². The van der Waals surface area contributed by atoms with Crippen LogP contribution in [0.15, 0.2) is 60.7 Å². The van der Waals surface area contributed by atoms with E-state index in [1.54, 1.807) is 24.3 Å². The van der Waals surface area contributed by atoms with Crippen LogP contribution in [0.5, 0.6) is 11.6 Å². The molecule has 0 saturated heterocycles. The van der Waals surface area contributed by atoms with Crippen LogP contribution in [0, 0.1) is 0 Å². The number of aromatic amines is 1. The zero-order chi connectivity index (χ0) is 22.2. The number of fused-ring (bicyclic) bond motifs is 1. The summed E-state index contributed by atoms with van der Waals surface area (Å²) < 4.78 is 5.95. The van der Waals surface area contributed by atoms with E-state index in [4.69, 9.17) is 4.74 Å². The number of benzene rings is 2. The molecule has 0 spiro atoms. The zero-order valence-electron chi connectivity index (χ0n) is 17.4. The van der Waals surface area contributed by atoms with Gasteiger partial charge in [0.2, 0.25) is 11.8 Å². The Labute approximate surface area is 188 Å². The highest BCUT2D eigenvalue weighted by Crippen LogP contribution is 2.39. The largest absolute Gasteiger partial charge is 0.439 e. The second kappa shape index (κ2) is 7.83. The molecule has 4 aromatic rings. The average Bonchev–Trinajstić information content (AvgIpc) is 3.46. The van der Waals surface area contributed by atoms with E-state index in [1.165, 1.54) is 12.8 Å². The van der Waals surface area contributed by atoms with Gasteiger partial charge < -0.3 is 15.4 Å². The van der Waals surface area contributed by atoms with E-state index in [2.05, 4.69) is 41.7 Å². The monoisotopic (exact) mass is 439 g/mol. The van der Waals surface area contributed by atoms with Crippen LogP contribution in [0.1, 0.15) is 34.8 Å². The van der Waals surface area contributed by atoms with Crippen molar-refractivity contribution in [3.63, 3.8) is 0 Å². The number of anilines is 5. The van der Waals surface area contributed by atoms with Crippen molar-refractivity contribution in [1.29, 1.82) is 0 Å². The molecule has 1 saturated carbocycles. The predicted octanol–water partition coefficient (Wildman–Crippen LogP) is 4.44. The highest BCUT2D eigenvalue weighted by Gasteiger charge is 2.26. The number of ether oxygens (including phenoxy) is 1. The quantitative estimate of drug-likeness (QED) is 0.332. The summed E-state index contributed by atoms with van der Waals surface area (Å²) in [6.45, 7) is 0. The summed E-state index contributed by atoms with van der Waals surface area (Å²) in [5.41, 5.74) is 9.34. The van der Waals surface area contributed by atoms with E-state index in [-0.39, 0.29) is 5.91 Å². The summed E-state index contributed by atoms with van der Waals surface area (Å²) in [5, 5.41) is 13.8. The van der Waals surface area contributed by atoms with Crippen molar-refractivity contribution in [2.24, 2.45) is 0 Å². The number of nitrogens with zero attached hydrogens (tertiary/aromatic N) is 4. The van der Waals surface area contributed by atoms with E-state index in [0.29, 0.717) is 46.3 Å². The summed E-state index contributed by atoms with van der Waals surface area (Å²) >= 11 is 0. The number of nitrogens with one attached hydrogen (secondary N) is 4. The Bertz CT molecular complexity index is 1330. The van der Waals surface area contributed by atoms with Gasteiger partial charge in [-0.25, -0.2) is 0 Å². The maximum atomic E-state index is 11.7. The normalized spacial score (nSPS) is 14.2. The molecule has 6 rings (SSSR count). The average molecular weight is 439 g/mol. The number of para-hydroxylation sites is 1. The van der Waals surface area contributed by atoms with E-state index in [9.17, 15) is 4.79 Å². The van der Waals surface area contributed by atoms with Crippen LogP contribution in [0.25, 0.3) is 0 Å². The first-order chi connectivity index (χ1) is 16.2. The van der Waals surface area contributed by atoms with Gasteiger partial charge >= 0.3 is 0 Å². The molecular weight excluding hydrogens is 420 g/mol. The number of rotatable bonds is 7. The van der Waals surface area contributed by atoms with Gasteiger partial charge in [0.15, 0.2) is 0 Å². The Morgan fingerprint density at radius 3 is 2.70 bits per heavy atom. The molecule has 33 heavy (non-hydrogen) atoms. The fraction of sp³-hybridized carbons (Fsp3) is 0.130. The van der Waals surface area contributed by atoms with E-state index >= 15 is 0 Å². The molecule has 10 heteroatoms. The summed E-state index contributed by atoms with van der Waals surface area (Å²) in [4.78, 5) is 20.8. The lowest BCUT2D eigenvalue weighted by molar-refractivity contribution is 0.0969. The fourth-order valence-corrected chi connectivity index (χ4v) is 3.54. The van der Waals surface area contributed by atoms with Gasteiger partial charge in [-0.05, 0) is 43.2 Å². The van der Waals surface area contributed by atoms with Crippen molar-refractivity contribution in [2.45, 2.75) is 18.8 Å². The van der Waals surface area contributed by atoms with Crippen molar-refractivity contribution in [2.75, 3.05) is 16.1 Å². The topological polar surface area (TPSA) is 131 Å². The minimum Gasteiger partial charge on any atom is -0.439 e. The molecule has 1 radical (unpaired) electrons. The van der Waals surface area contributed by atoms with Crippen LogP contribution in [-0.2, 0) is 0 Å². The zero-order valence-corrected chi connectivity index (χ0v) is 17.4. The maximum absolute atomic E-state index is 11.7. The van der Waals surface area contributed by atoms with Crippen LogP contribution in [0.2, 0.25) is 0 Å². The lowest BCUT2D eigenvalue weighted by Crippen LogP contribution is -2.10. The van der Waals surface area contributed by atoms with Gasteiger partial charge in [-0.3, -0.25) is 15.3 Å². The maximum Gasteiger partial charge on any atom is 0.295 e. The third-order valence-corrected chi connectivity index (χ3v) is 5.31. The lowest BCUT2D eigenvalue weighted by atomic mass is 10.1. The van der Waals surface area contributed by atoms with Crippen LogP contribution >= 0.6 is 0 Å². The lowest BCUT2D eigenvalue weighted by Gasteiger charge is -2.11. The van der Waals surface area contributed by atoms with Crippen molar-refractivity contribution in [3.05, 3.63) is 71.9 Å². The highest BCUT2D eigenvalue weighted by molar-refractivity contribution is 6.04. The Hall–Kier alpha value is -4.60. The first-order valence-corrected chi connectivity index (χ1v) is 10.6. The van der Waals surface area contributed by atoms with Crippen molar-refractivity contribution < 1.29 is 9.53 Å². The van der Waals surface area contributed by atoms with Gasteiger partial charge in [0.25, 0.3) is 5.91 Å². The second-order valence-electron chi connectivity index (χ2n) is 7.85. The molecule has 2 aliphatic rings. The third-order valence-electron chi connectivity index (χ3n) is 5.31. The number of carbonyl (C=O) groups excluding carboxylic acids is 1. The van der Waals surface area contributed by atoms with Gasteiger partial charge in [-0.1, -0.05) is 18.2 Å².